The molecule has 0 atom stereocenters. The topological polar surface area (TPSA) is 95.6 Å². The van der Waals surface area contributed by atoms with Crippen molar-refractivity contribution in [1.29, 1.82) is 5.26 Å². The molecule has 28 heavy (non-hydrogen) atoms. The van der Waals surface area contributed by atoms with Gasteiger partial charge in [-0.2, -0.15) is 5.26 Å². The maximum absolute atomic E-state index is 12.4. The van der Waals surface area contributed by atoms with Crippen molar-refractivity contribution in [2.75, 3.05) is 0 Å². The summed E-state index contributed by atoms with van der Waals surface area (Å²) in [5.41, 5.74) is 8.40. The number of amides is 1. The molecule has 0 saturated carbocycles. The summed E-state index contributed by atoms with van der Waals surface area (Å²) in [4.78, 5) is 21.4. The van der Waals surface area contributed by atoms with Crippen LogP contribution in [0, 0.1) is 18.3 Å². The van der Waals surface area contributed by atoms with E-state index in [1.54, 1.807) is 0 Å². The van der Waals surface area contributed by atoms with Crippen molar-refractivity contribution in [3.63, 3.8) is 0 Å². The van der Waals surface area contributed by atoms with Gasteiger partial charge in [0.25, 0.3) is 5.91 Å². The SMILES string of the molecule is CCCCc1nc2ccccc2n1CC(=O)NN/C=C(\C#N)c1nc(C)cs1. The molecule has 0 radical (unpaired) electrons. The first-order chi connectivity index (χ1) is 13.6. The Morgan fingerprint density at radius 1 is 1.36 bits per heavy atom. The Morgan fingerprint density at radius 2 is 2.18 bits per heavy atom. The number of imidazole rings is 1. The molecule has 2 heterocycles. The fourth-order valence-corrected chi connectivity index (χ4v) is 3.58. The van der Waals surface area contributed by atoms with Crippen molar-refractivity contribution in [3.8, 4) is 6.07 Å². The van der Waals surface area contributed by atoms with Crippen LogP contribution < -0.4 is 10.9 Å². The lowest BCUT2D eigenvalue weighted by atomic mass is 10.2. The van der Waals surface area contributed by atoms with Crippen molar-refractivity contribution >= 4 is 33.9 Å². The minimum absolute atomic E-state index is 0.151. The first-order valence-electron chi connectivity index (χ1n) is 9.13. The van der Waals surface area contributed by atoms with Crippen LogP contribution in [0.5, 0.6) is 0 Å². The number of allylic oxidation sites excluding steroid dienone is 1. The Hall–Kier alpha value is -3.18. The van der Waals surface area contributed by atoms with Gasteiger partial charge in [0.1, 0.15) is 29.0 Å². The van der Waals surface area contributed by atoms with Crippen LogP contribution in [0.25, 0.3) is 16.6 Å². The van der Waals surface area contributed by atoms with Crippen LogP contribution in [0.2, 0.25) is 0 Å². The minimum Gasteiger partial charge on any atom is -0.318 e. The number of nitrogens with one attached hydrogen (secondary N) is 2. The third-order valence-corrected chi connectivity index (χ3v) is 5.18. The maximum Gasteiger partial charge on any atom is 0.258 e. The molecule has 3 aromatic rings. The molecule has 0 spiro atoms. The number of nitriles is 1. The largest absolute Gasteiger partial charge is 0.318 e. The highest BCUT2D eigenvalue weighted by Gasteiger charge is 2.13. The number of carbonyl (C=O) groups excluding carboxylic acids is 1. The molecule has 1 amide bonds. The van der Waals surface area contributed by atoms with Crippen LogP contribution in [0.4, 0.5) is 0 Å². The molecule has 8 heteroatoms. The molecule has 7 nitrogen and oxygen atoms in total. The highest BCUT2D eigenvalue weighted by Crippen LogP contribution is 2.18. The van der Waals surface area contributed by atoms with E-state index >= 15 is 0 Å². The lowest BCUT2D eigenvalue weighted by Gasteiger charge is -2.10. The summed E-state index contributed by atoms with van der Waals surface area (Å²) in [6, 6.07) is 9.90. The summed E-state index contributed by atoms with van der Waals surface area (Å²) in [6.45, 7) is 4.15. The average molecular weight is 395 g/mol. The van der Waals surface area contributed by atoms with Crippen LogP contribution in [0.1, 0.15) is 36.3 Å². The van der Waals surface area contributed by atoms with Gasteiger partial charge in [-0.05, 0) is 25.5 Å². The summed E-state index contributed by atoms with van der Waals surface area (Å²) in [6.07, 6.45) is 4.37. The molecule has 1 aromatic carbocycles. The van der Waals surface area contributed by atoms with E-state index in [-0.39, 0.29) is 12.5 Å². The fraction of sp³-hybridized carbons (Fsp3) is 0.300. The Bertz CT molecular complexity index is 1040. The summed E-state index contributed by atoms with van der Waals surface area (Å²) < 4.78 is 1.95. The number of aryl methyl sites for hydroxylation is 2. The minimum atomic E-state index is -0.218. The van der Waals surface area contributed by atoms with E-state index in [9.17, 15) is 10.1 Å². The predicted molar refractivity (Wildman–Crippen MR) is 110 cm³/mol. The summed E-state index contributed by atoms with van der Waals surface area (Å²) in [5.74, 6) is 0.689. The monoisotopic (exact) mass is 394 g/mol. The Labute approximate surface area is 167 Å². The van der Waals surface area contributed by atoms with Crippen LogP contribution >= 0.6 is 11.3 Å². The number of benzene rings is 1. The van der Waals surface area contributed by atoms with E-state index in [0.717, 1.165) is 41.8 Å². The second-order valence-corrected chi connectivity index (χ2v) is 7.22. The molecule has 0 aliphatic heterocycles. The smallest absolute Gasteiger partial charge is 0.258 e. The highest BCUT2D eigenvalue weighted by molar-refractivity contribution is 7.10. The molecule has 0 saturated heterocycles. The van der Waals surface area contributed by atoms with Gasteiger partial charge in [0.2, 0.25) is 0 Å². The number of fused-ring (bicyclic) bond motifs is 1. The number of unbranched alkanes of at least 4 members (excludes halogenated alkanes) is 1. The van der Waals surface area contributed by atoms with Gasteiger partial charge in [-0.1, -0.05) is 25.5 Å². The van der Waals surface area contributed by atoms with Gasteiger partial charge >= 0.3 is 0 Å². The first-order valence-corrected chi connectivity index (χ1v) is 10.0. The summed E-state index contributed by atoms with van der Waals surface area (Å²) >= 11 is 1.39. The van der Waals surface area contributed by atoms with Gasteiger partial charge in [0.05, 0.1) is 11.0 Å². The van der Waals surface area contributed by atoms with Crippen LogP contribution in [0.15, 0.2) is 35.8 Å². The van der Waals surface area contributed by atoms with E-state index < -0.39 is 0 Å². The number of thiazole rings is 1. The highest BCUT2D eigenvalue weighted by atomic mass is 32.1. The van der Waals surface area contributed by atoms with Gasteiger partial charge < -0.3 is 9.99 Å². The summed E-state index contributed by atoms with van der Waals surface area (Å²) in [5, 5.41) is 11.8. The first kappa shape index (κ1) is 19.6. The molecule has 0 fully saturated rings. The van der Waals surface area contributed by atoms with Gasteiger partial charge in [-0.25, -0.2) is 9.97 Å². The number of hydrogen-bond donors (Lipinski definition) is 2. The van der Waals surface area contributed by atoms with Gasteiger partial charge in [0, 0.05) is 23.7 Å². The number of rotatable bonds is 8. The van der Waals surface area contributed by atoms with Crippen LogP contribution in [0.3, 0.4) is 0 Å². The quantitative estimate of drug-likeness (QED) is 0.451. The standard InChI is InChI=1S/C20H22N6OS/c1-3-4-9-18-24-16-7-5-6-8-17(16)26(18)12-19(27)25-22-11-15(10-21)20-23-14(2)13-28-20/h5-8,11,13,22H,3-4,9,12H2,1-2H3,(H,25,27)/b15-11+. The molecule has 0 aliphatic carbocycles. The molecular formula is C20H22N6OS. The zero-order valence-electron chi connectivity index (χ0n) is 15.9. The van der Waals surface area contributed by atoms with E-state index in [2.05, 4.69) is 33.8 Å². The van der Waals surface area contributed by atoms with Gasteiger partial charge in [-0.15, -0.1) is 11.3 Å². The van der Waals surface area contributed by atoms with Gasteiger partial charge in [0.15, 0.2) is 0 Å². The molecule has 3 rings (SSSR count). The van der Waals surface area contributed by atoms with Crippen LogP contribution in [-0.2, 0) is 17.8 Å². The van der Waals surface area contributed by atoms with E-state index in [1.165, 1.54) is 17.5 Å². The van der Waals surface area contributed by atoms with Crippen LogP contribution in [-0.4, -0.2) is 20.4 Å². The Kier molecular flexibility index (Phi) is 6.40. The zero-order valence-corrected chi connectivity index (χ0v) is 16.7. The van der Waals surface area contributed by atoms with Crippen molar-refractivity contribution in [3.05, 3.63) is 52.4 Å². The molecule has 144 valence electrons. The predicted octanol–water partition coefficient (Wildman–Crippen LogP) is 3.33. The Morgan fingerprint density at radius 3 is 2.89 bits per heavy atom. The van der Waals surface area contributed by atoms with E-state index in [1.807, 2.05) is 41.1 Å². The molecular weight excluding hydrogens is 372 g/mol. The molecule has 0 aliphatic rings. The molecule has 0 unspecified atom stereocenters. The summed E-state index contributed by atoms with van der Waals surface area (Å²) in [7, 11) is 0. The number of nitrogens with zero attached hydrogens (tertiary/aromatic N) is 4. The normalized spacial score (nSPS) is 11.4. The van der Waals surface area contributed by atoms with E-state index in [4.69, 9.17) is 0 Å². The average Bonchev–Trinajstić information content (AvgIpc) is 3.27. The second-order valence-electron chi connectivity index (χ2n) is 6.36. The molecule has 2 aromatic heterocycles. The number of para-hydroxylation sites is 2. The number of hydrogen-bond acceptors (Lipinski definition) is 6. The third kappa shape index (κ3) is 4.56. The number of carbonyl (C=O) groups is 1. The number of aromatic nitrogens is 3. The lowest BCUT2D eigenvalue weighted by molar-refractivity contribution is -0.122. The van der Waals surface area contributed by atoms with Crippen molar-refractivity contribution < 1.29 is 4.79 Å². The maximum atomic E-state index is 12.4. The number of hydrazine groups is 1. The van der Waals surface area contributed by atoms with Gasteiger partial charge in [-0.3, -0.25) is 10.2 Å². The molecule has 0 bridgehead atoms. The second kappa shape index (κ2) is 9.15. The fourth-order valence-electron chi connectivity index (χ4n) is 2.82. The molecule has 2 N–H and O–H groups in total. The Balaban J connectivity index is 1.69. The van der Waals surface area contributed by atoms with Crippen molar-refractivity contribution in [2.45, 2.75) is 39.7 Å². The zero-order chi connectivity index (χ0) is 19.9. The van der Waals surface area contributed by atoms with Crippen molar-refractivity contribution in [1.82, 2.24) is 25.4 Å². The third-order valence-electron chi connectivity index (χ3n) is 4.19. The van der Waals surface area contributed by atoms with Crippen molar-refractivity contribution in [2.24, 2.45) is 0 Å². The van der Waals surface area contributed by atoms with E-state index in [0.29, 0.717) is 10.6 Å². The lowest BCUT2D eigenvalue weighted by Crippen LogP contribution is -2.36.